The molecule has 11 N–H and O–H groups in total. The number of benzene rings is 1. The number of rotatable bonds is 37. The minimum atomic E-state index is -1.30. The summed E-state index contributed by atoms with van der Waals surface area (Å²) in [5.74, 6) is -7.78. The molecule has 0 spiro atoms. The van der Waals surface area contributed by atoms with E-state index in [0.717, 1.165) is 33.7 Å². The summed E-state index contributed by atoms with van der Waals surface area (Å²) in [6.07, 6.45) is 4.66. The Kier molecular flexibility index (Phi) is 28.2. The Labute approximate surface area is 461 Å². The molecule has 1 fully saturated rings. The Morgan fingerprint density at radius 2 is 1.18 bits per heavy atom. The first-order chi connectivity index (χ1) is 37.5. The molecule has 2 heterocycles. The number of nitrogens with one attached hydrogen (secondary N) is 7. The van der Waals surface area contributed by atoms with E-state index in [2.05, 4.69) is 37.2 Å². The minimum Gasteiger partial charge on any atom is -0.493 e. The van der Waals surface area contributed by atoms with E-state index < -0.39 is 94.5 Å². The summed E-state index contributed by atoms with van der Waals surface area (Å²) in [7, 11) is 1.35. The van der Waals surface area contributed by atoms with Gasteiger partial charge in [-0.2, -0.15) is 0 Å². The van der Waals surface area contributed by atoms with Gasteiger partial charge in [0.05, 0.1) is 25.2 Å². The summed E-state index contributed by atoms with van der Waals surface area (Å²) in [4.78, 5) is 176. The van der Waals surface area contributed by atoms with Crippen LogP contribution in [-0.2, 0) is 73.5 Å². The van der Waals surface area contributed by atoms with Crippen molar-refractivity contribution in [2.24, 2.45) is 11.5 Å². The molecule has 434 valence electrons. The maximum atomic E-state index is 13.4. The van der Waals surface area contributed by atoms with Crippen molar-refractivity contribution in [3.8, 4) is 11.5 Å². The fraction of sp³-hybridized carbons (Fsp3) is 0.569. The number of nitrogens with zero attached hydrogens (tertiary/aromatic N) is 2. The Hall–Kier alpha value is -7.91. The van der Waals surface area contributed by atoms with E-state index in [9.17, 15) is 67.1 Å². The topological polar surface area (TPSA) is 400 Å². The summed E-state index contributed by atoms with van der Waals surface area (Å²) in [6, 6.07) is 0.158. The van der Waals surface area contributed by atoms with Crippen LogP contribution in [0.4, 0.5) is 0 Å². The third kappa shape index (κ3) is 23.7. The van der Waals surface area contributed by atoms with Gasteiger partial charge in [0, 0.05) is 83.7 Å². The van der Waals surface area contributed by atoms with Crippen LogP contribution in [0.3, 0.4) is 0 Å². The third-order valence-corrected chi connectivity index (χ3v) is 13.5. The van der Waals surface area contributed by atoms with Gasteiger partial charge in [0.1, 0.15) is 24.2 Å². The van der Waals surface area contributed by atoms with Crippen molar-refractivity contribution in [3.05, 3.63) is 35.9 Å². The maximum Gasteiger partial charge on any atom is 0.313 e. The van der Waals surface area contributed by atoms with Crippen molar-refractivity contribution in [3.63, 3.8) is 0 Å². The number of hydrogen-bond acceptors (Lipinski definition) is 17. The number of methoxy groups -OCH3 is 1. The maximum absolute atomic E-state index is 13.4. The van der Waals surface area contributed by atoms with E-state index in [1.807, 2.05) is 0 Å². The largest absolute Gasteiger partial charge is 0.493 e. The van der Waals surface area contributed by atoms with Crippen LogP contribution < -0.4 is 58.2 Å². The first kappa shape index (κ1) is 65.4. The summed E-state index contributed by atoms with van der Waals surface area (Å²) in [5.41, 5.74) is 11.7. The molecule has 0 bridgehead atoms. The molecular weight excluding hydrogens is 1050 g/mol. The van der Waals surface area contributed by atoms with Crippen molar-refractivity contribution in [1.82, 2.24) is 47.0 Å². The van der Waals surface area contributed by atoms with Crippen LogP contribution in [0.15, 0.2) is 30.4 Å². The molecular formula is C51H73N11O16S. The molecule has 1 aromatic rings. The summed E-state index contributed by atoms with van der Waals surface area (Å²) >= 11 is 0.920. The van der Waals surface area contributed by atoms with Crippen molar-refractivity contribution in [2.75, 3.05) is 45.6 Å². The molecule has 2 aliphatic heterocycles. The Balaban J connectivity index is 1.38. The number of ether oxygens (including phenoxy) is 2. The Morgan fingerprint density at radius 3 is 1.73 bits per heavy atom. The molecule has 28 heteroatoms. The zero-order valence-corrected chi connectivity index (χ0v) is 45.7. The van der Waals surface area contributed by atoms with Crippen LogP contribution in [0.1, 0.15) is 110 Å². The van der Waals surface area contributed by atoms with Gasteiger partial charge in [-0.15, -0.1) is 11.8 Å². The number of amides is 13. The number of carbonyl (C=O) groups is 14. The number of unbranched alkanes of at least 4 members (excludes halogenated alkanes) is 3. The minimum absolute atomic E-state index is 0.0647. The zero-order chi connectivity index (χ0) is 58.6. The summed E-state index contributed by atoms with van der Waals surface area (Å²) in [6.45, 7) is 4.61. The second-order valence-electron chi connectivity index (χ2n) is 18.5. The number of hydrogen-bond donors (Lipinski definition) is 9. The van der Waals surface area contributed by atoms with E-state index in [1.165, 1.54) is 33.1 Å². The molecule has 13 amide bonds. The molecule has 3 rings (SSSR count). The molecule has 2 aliphatic rings. The van der Waals surface area contributed by atoms with Crippen molar-refractivity contribution >= 4 is 94.5 Å². The number of likely N-dealkylation sites (tertiary alicyclic amines) is 1. The van der Waals surface area contributed by atoms with Crippen LogP contribution in [-0.4, -0.2) is 168 Å². The lowest BCUT2D eigenvalue weighted by atomic mass is 10.1. The van der Waals surface area contributed by atoms with Crippen LogP contribution in [0.5, 0.6) is 11.5 Å². The monoisotopic (exact) mass is 1130 g/mol. The molecule has 79 heavy (non-hydrogen) atoms. The molecule has 1 aromatic carbocycles. The molecule has 5 atom stereocenters. The molecule has 1 saturated heterocycles. The van der Waals surface area contributed by atoms with E-state index >= 15 is 0 Å². The zero-order valence-electron chi connectivity index (χ0n) is 44.9. The standard InChI is InChI=1S/C51H73N11O16S/c1-5-40(65)58-35(14-7-9-21-54-30(2)63)50(75)59-33(47(52)72)12-6-10-22-55-41(66)19-24-62-45(70)28-39(51(62)76)79-29-36(48(53)73)60-49(74)34(57-31(3)64)13-8-11-23-56-42(67)27-32-15-16-37(38(26-32)77-4)78-46(71)20-25-61-43(68)17-18-44(61)69/h15-18,26,33-36,39H,5-14,19-25,27-29H2,1-4H3,(H2,52,72)(H2,53,73)(H,54,63)(H,55,66)(H,56,67)(H,57,64)(H,58,65)(H,59,75)(H,60,74). The van der Waals surface area contributed by atoms with Crippen LogP contribution in [0, 0.1) is 0 Å². The molecule has 0 radical (unpaired) electrons. The molecule has 27 nitrogen and oxygen atoms in total. The van der Waals surface area contributed by atoms with E-state index in [4.69, 9.17) is 20.9 Å². The quantitative estimate of drug-likeness (QED) is 0.0150. The van der Waals surface area contributed by atoms with Crippen LogP contribution in [0.25, 0.3) is 0 Å². The van der Waals surface area contributed by atoms with Crippen LogP contribution >= 0.6 is 11.8 Å². The van der Waals surface area contributed by atoms with Gasteiger partial charge in [-0.1, -0.05) is 13.0 Å². The number of carbonyl (C=O) groups excluding carboxylic acids is 14. The normalized spacial score (nSPS) is 15.3. The van der Waals surface area contributed by atoms with E-state index in [1.54, 1.807) is 13.0 Å². The molecule has 0 saturated carbocycles. The summed E-state index contributed by atoms with van der Waals surface area (Å²) in [5, 5.41) is 17.5. The predicted octanol–water partition coefficient (Wildman–Crippen LogP) is -2.07. The van der Waals surface area contributed by atoms with Gasteiger partial charge in [0.2, 0.25) is 65.0 Å². The van der Waals surface area contributed by atoms with Gasteiger partial charge in [-0.25, -0.2) is 0 Å². The van der Waals surface area contributed by atoms with E-state index in [0.29, 0.717) is 50.6 Å². The van der Waals surface area contributed by atoms with Gasteiger partial charge < -0.3 is 58.2 Å². The first-order valence-corrected chi connectivity index (χ1v) is 27.0. The highest BCUT2D eigenvalue weighted by atomic mass is 32.2. The second kappa shape index (κ2) is 34.1. The van der Waals surface area contributed by atoms with Crippen molar-refractivity contribution in [2.45, 2.75) is 140 Å². The first-order valence-electron chi connectivity index (χ1n) is 25.9. The lowest BCUT2D eigenvalue weighted by molar-refractivity contribution is -0.141. The highest BCUT2D eigenvalue weighted by molar-refractivity contribution is 8.00. The van der Waals surface area contributed by atoms with Gasteiger partial charge in [0.15, 0.2) is 11.5 Å². The number of nitrogens with two attached hydrogens (primary N) is 2. The molecule has 5 unspecified atom stereocenters. The second-order valence-corrected chi connectivity index (χ2v) is 19.8. The highest BCUT2D eigenvalue weighted by Crippen LogP contribution is 2.29. The van der Waals surface area contributed by atoms with Gasteiger partial charge in [-0.05, 0) is 75.5 Å². The highest BCUT2D eigenvalue weighted by Gasteiger charge is 2.40. The number of imide groups is 2. The summed E-state index contributed by atoms with van der Waals surface area (Å²) < 4.78 is 10.7. The van der Waals surface area contributed by atoms with Gasteiger partial charge >= 0.3 is 5.97 Å². The molecule has 0 aliphatic carbocycles. The Bertz CT molecular complexity index is 2440. The number of esters is 1. The third-order valence-electron chi connectivity index (χ3n) is 12.2. The predicted molar refractivity (Wildman–Crippen MR) is 283 cm³/mol. The van der Waals surface area contributed by atoms with Gasteiger partial charge in [0.25, 0.3) is 11.8 Å². The fourth-order valence-electron chi connectivity index (χ4n) is 7.96. The lowest BCUT2D eigenvalue weighted by Crippen LogP contribution is -2.53. The fourth-order valence-corrected chi connectivity index (χ4v) is 9.16. The van der Waals surface area contributed by atoms with Crippen molar-refractivity contribution in [1.29, 1.82) is 0 Å². The van der Waals surface area contributed by atoms with Crippen LogP contribution in [0.2, 0.25) is 0 Å². The number of thioether (sulfide) groups is 1. The average Bonchev–Trinajstić information content (AvgIpc) is 3.87. The lowest BCUT2D eigenvalue weighted by Gasteiger charge is -2.22. The SMILES string of the molecule is CCC(=O)NC(CCCCNC(C)=O)C(=O)NC(CCCCNC(=O)CCN1C(=O)CC(SCC(NC(=O)C(CCCCNC(=O)Cc2ccc(OC(=O)CCN3C(=O)C=CC3=O)c(OC)c2)NC(C)=O)C(N)=O)C1=O)C(N)=O. The molecule has 0 aromatic heterocycles. The van der Waals surface area contributed by atoms with E-state index in [-0.39, 0.29) is 113 Å². The smallest absolute Gasteiger partial charge is 0.313 e. The Morgan fingerprint density at radius 1 is 0.633 bits per heavy atom. The van der Waals surface area contributed by atoms with Gasteiger partial charge in [-0.3, -0.25) is 76.9 Å². The van der Waals surface area contributed by atoms with Crippen molar-refractivity contribution < 1.29 is 76.6 Å². The average molecular weight is 1130 g/mol. The number of primary amides is 2.